The number of carboxylic acid groups (broad SMARTS) is 1. The zero-order valence-corrected chi connectivity index (χ0v) is 9.81. The summed E-state index contributed by atoms with van der Waals surface area (Å²) in [6.07, 6.45) is 4.04. The molecule has 0 unspecified atom stereocenters. The van der Waals surface area contributed by atoms with Crippen molar-refractivity contribution in [3.05, 3.63) is 42.4 Å². The second kappa shape index (κ2) is 4.49. The number of aromatic nitrogens is 2. The highest BCUT2D eigenvalue weighted by atomic mass is 32.2. The van der Waals surface area contributed by atoms with Gasteiger partial charge in [-0.15, -0.1) is 0 Å². The Morgan fingerprint density at radius 3 is 2.78 bits per heavy atom. The van der Waals surface area contributed by atoms with Crippen LogP contribution in [0.25, 0.3) is 0 Å². The van der Waals surface area contributed by atoms with E-state index in [1.54, 1.807) is 0 Å². The number of aromatic amines is 1. The number of anilines is 1. The molecule has 94 valence electrons. The molecule has 0 saturated heterocycles. The predicted molar refractivity (Wildman–Crippen MR) is 62.8 cm³/mol. The molecular formula is C10H9N3O4S. The molecule has 7 nitrogen and oxygen atoms in total. The summed E-state index contributed by atoms with van der Waals surface area (Å²) in [6.45, 7) is 0. The maximum atomic E-state index is 11.9. The summed E-state index contributed by atoms with van der Waals surface area (Å²) >= 11 is 0. The topological polar surface area (TPSA) is 112 Å². The van der Waals surface area contributed by atoms with Crippen molar-refractivity contribution in [1.29, 1.82) is 0 Å². The zero-order valence-electron chi connectivity index (χ0n) is 8.99. The molecule has 3 N–H and O–H groups in total. The molecule has 2 aromatic heterocycles. The van der Waals surface area contributed by atoms with Crippen LogP contribution in [-0.2, 0) is 10.0 Å². The Hall–Kier alpha value is -2.35. The van der Waals surface area contributed by atoms with Crippen molar-refractivity contribution in [2.75, 3.05) is 4.72 Å². The van der Waals surface area contributed by atoms with Crippen molar-refractivity contribution in [2.45, 2.75) is 4.90 Å². The first-order valence-corrected chi connectivity index (χ1v) is 6.33. The Labute approximate surface area is 103 Å². The number of nitrogens with one attached hydrogen (secondary N) is 2. The van der Waals surface area contributed by atoms with E-state index in [9.17, 15) is 13.2 Å². The molecule has 0 aromatic carbocycles. The van der Waals surface area contributed by atoms with Crippen LogP contribution in [0.4, 0.5) is 5.82 Å². The first-order valence-electron chi connectivity index (χ1n) is 4.84. The van der Waals surface area contributed by atoms with Crippen LogP contribution in [0.5, 0.6) is 0 Å². The van der Waals surface area contributed by atoms with Gasteiger partial charge in [-0.3, -0.25) is 4.72 Å². The average Bonchev–Trinajstić information content (AvgIpc) is 2.83. The number of H-pyrrole nitrogens is 1. The van der Waals surface area contributed by atoms with Crippen molar-refractivity contribution >= 4 is 21.8 Å². The number of hydrogen-bond donors (Lipinski definition) is 3. The fourth-order valence-electron chi connectivity index (χ4n) is 1.32. The summed E-state index contributed by atoms with van der Waals surface area (Å²) in [5.41, 5.74) is -0.211. The molecule has 0 bridgehead atoms. The van der Waals surface area contributed by atoms with Gasteiger partial charge in [0.2, 0.25) is 0 Å². The van der Waals surface area contributed by atoms with Crippen molar-refractivity contribution in [3.8, 4) is 0 Å². The van der Waals surface area contributed by atoms with Gasteiger partial charge in [0.15, 0.2) is 5.82 Å². The molecule has 0 amide bonds. The Morgan fingerprint density at radius 1 is 1.39 bits per heavy atom. The van der Waals surface area contributed by atoms with Crippen LogP contribution in [0, 0.1) is 0 Å². The number of nitrogens with zero attached hydrogens (tertiary/aromatic N) is 1. The third-order valence-corrected chi connectivity index (χ3v) is 3.49. The summed E-state index contributed by atoms with van der Waals surface area (Å²) in [4.78, 5) is 17.2. The maximum absolute atomic E-state index is 11.9. The van der Waals surface area contributed by atoms with E-state index in [1.165, 1.54) is 36.8 Å². The van der Waals surface area contributed by atoms with Crippen molar-refractivity contribution < 1.29 is 18.3 Å². The molecule has 18 heavy (non-hydrogen) atoms. The van der Waals surface area contributed by atoms with Crippen molar-refractivity contribution in [2.24, 2.45) is 0 Å². The molecule has 0 saturated carbocycles. The van der Waals surface area contributed by atoms with Gasteiger partial charge < -0.3 is 10.1 Å². The highest BCUT2D eigenvalue weighted by Crippen LogP contribution is 2.17. The molecule has 0 radical (unpaired) electrons. The lowest BCUT2D eigenvalue weighted by molar-refractivity contribution is 0.0697. The van der Waals surface area contributed by atoms with Crippen LogP contribution in [0.15, 0.2) is 41.7 Å². The lowest BCUT2D eigenvalue weighted by Crippen LogP contribution is -2.16. The highest BCUT2D eigenvalue weighted by molar-refractivity contribution is 7.92. The molecule has 0 fully saturated rings. The Morgan fingerprint density at radius 2 is 2.17 bits per heavy atom. The van der Waals surface area contributed by atoms with Gasteiger partial charge >= 0.3 is 5.97 Å². The number of aromatic carboxylic acids is 1. The van der Waals surface area contributed by atoms with Crippen LogP contribution >= 0.6 is 0 Å². The van der Waals surface area contributed by atoms with E-state index < -0.39 is 16.0 Å². The summed E-state index contributed by atoms with van der Waals surface area (Å²) in [7, 11) is -3.83. The van der Waals surface area contributed by atoms with E-state index in [2.05, 4.69) is 14.7 Å². The van der Waals surface area contributed by atoms with Gasteiger partial charge in [0, 0.05) is 18.6 Å². The van der Waals surface area contributed by atoms with Gasteiger partial charge in [0.1, 0.15) is 10.5 Å². The average molecular weight is 267 g/mol. The molecule has 0 spiro atoms. The normalized spacial score (nSPS) is 11.1. The number of rotatable bonds is 4. The zero-order chi connectivity index (χ0) is 13.2. The smallest absolute Gasteiger partial charge is 0.339 e. The first-order chi connectivity index (χ1) is 8.50. The number of hydrogen-bond acceptors (Lipinski definition) is 4. The van der Waals surface area contributed by atoms with Crippen molar-refractivity contribution in [1.82, 2.24) is 9.97 Å². The second-order valence-corrected chi connectivity index (χ2v) is 5.04. The molecule has 2 rings (SSSR count). The highest BCUT2D eigenvalue weighted by Gasteiger charge is 2.19. The number of carbonyl (C=O) groups is 1. The van der Waals surface area contributed by atoms with Crippen LogP contribution in [-0.4, -0.2) is 29.5 Å². The minimum Gasteiger partial charge on any atom is -0.478 e. The Kier molecular flexibility index (Phi) is 3.02. The lowest BCUT2D eigenvalue weighted by Gasteiger charge is -2.07. The van der Waals surface area contributed by atoms with E-state index in [0.29, 0.717) is 0 Å². The largest absolute Gasteiger partial charge is 0.478 e. The van der Waals surface area contributed by atoms with Crippen LogP contribution in [0.2, 0.25) is 0 Å². The maximum Gasteiger partial charge on any atom is 0.339 e. The fourth-order valence-corrected chi connectivity index (χ4v) is 2.33. The summed E-state index contributed by atoms with van der Waals surface area (Å²) in [6, 6.07) is 4.04. The molecule has 0 aliphatic rings. The molecule has 8 heteroatoms. The SMILES string of the molecule is O=C(O)c1cccnc1NS(=O)(=O)c1cc[nH]c1. The quantitative estimate of drug-likeness (QED) is 0.762. The number of carboxylic acids is 1. The van der Waals surface area contributed by atoms with Gasteiger partial charge in [-0.25, -0.2) is 18.2 Å². The monoisotopic (exact) mass is 267 g/mol. The summed E-state index contributed by atoms with van der Waals surface area (Å²) < 4.78 is 25.9. The van der Waals surface area contributed by atoms with Gasteiger partial charge in [-0.2, -0.15) is 0 Å². The summed E-state index contributed by atoms with van der Waals surface area (Å²) in [5.74, 6) is -1.47. The fraction of sp³-hybridized carbons (Fsp3) is 0. The molecule has 0 aliphatic carbocycles. The van der Waals surface area contributed by atoms with Crippen LogP contribution in [0.1, 0.15) is 10.4 Å². The molecule has 2 heterocycles. The third kappa shape index (κ3) is 2.33. The second-order valence-electron chi connectivity index (χ2n) is 3.36. The van der Waals surface area contributed by atoms with E-state index in [1.807, 2.05) is 0 Å². The third-order valence-electron chi connectivity index (χ3n) is 2.15. The molecule has 0 aliphatic heterocycles. The van der Waals surface area contributed by atoms with Crippen molar-refractivity contribution in [3.63, 3.8) is 0 Å². The minimum absolute atomic E-state index is 0.00416. The Bertz CT molecular complexity index is 664. The van der Waals surface area contributed by atoms with E-state index in [4.69, 9.17) is 5.11 Å². The molecular weight excluding hydrogens is 258 g/mol. The molecule has 0 atom stereocenters. The Balaban J connectivity index is 2.39. The minimum atomic E-state index is -3.83. The number of sulfonamides is 1. The van der Waals surface area contributed by atoms with Gasteiger partial charge in [0.25, 0.3) is 10.0 Å². The van der Waals surface area contributed by atoms with Crippen LogP contribution < -0.4 is 4.72 Å². The van der Waals surface area contributed by atoms with E-state index in [-0.39, 0.29) is 16.3 Å². The molecule has 2 aromatic rings. The predicted octanol–water partition coefficient (Wildman–Crippen LogP) is 0.909. The van der Waals surface area contributed by atoms with E-state index >= 15 is 0 Å². The number of pyridine rings is 1. The van der Waals surface area contributed by atoms with Gasteiger partial charge in [-0.05, 0) is 18.2 Å². The summed E-state index contributed by atoms with van der Waals surface area (Å²) in [5, 5.41) is 8.91. The standard InChI is InChI=1S/C10H9N3O4S/c14-10(15)8-2-1-4-12-9(8)13-18(16,17)7-3-5-11-6-7/h1-6,11H,(H,12,13)(H,14,15). The van der Waals surface area contributed by atoms with Gasteiger partial charge in [-0.1, -0.05) is 0 Å². The van der Waals surface area contributed by atoms with E-state index in [0.717, 1.165) is 0 Å². The van der Waals surface area contributed by atoms with Crippen LogP contribution in [0.3, 0.4) is 0 Å². The first kappa shape index (κ1) is 12.1. The van der Waals surface area contributed by atoms with Gasteiger partial charge in [0.05, 0.1) is 0 Å². The lowest BCUT2D eigenvalue weighted by atomic mass is 10.3.